The summed E-state index contributed by atoms with van der Waals surface area (Å²) in [5.41, 5.74) is 2.18. The van der Waals surface area contributed by atoms with Gasteiger partial charge in [-0.1, -0.05) is 48.5 Å². The first-order chi connectivity index (χ1) is 12.3. The van der Waals surface area contributed by atoms with Crippen LogP contribution in [0.15, 0.2) is 54.6 Å². The Morgan fingerprint density at radius 1 is 1.15 bits per heavy atom. The summed E-state index contributed by atoms with van der Waals surface area (Å²) in [7, 11) is 1.94. The molecule has 1 saturated heterocycles. The van der Waals surface area contributed by atoms with Crippen molar-refractivity contribution in [2.24, 2.45) is 0 Å². The normalized spacial score (nSPS) is 16.2. The fourth-order valence-corrected chi connectivity index (χ4v) is 3.45. The maximum atomic E-state index is 12.5. The molecule has 0 radical (unpaired) electrons. The monoisotopic (exact) mass is 374 g/mol. The summed E-state index contributed by atoms with van der Waals surface area (Å²) in [6.07, 6.45) is 2.60. The Labute approximate surface area is 162 Å². The first kappa shape index (κ1) is 20.3. The average molecular weight is 375 g/mol. The van der Waals surface area contributed by atoms with Crippen LogP contribution in [0.2, 0.25) is 0 Å². The number of halogens is 1. The highest BCUT2D eigenvalue weighted by molar-refractivity contribution is 5.85. The molecule has 1 heterocycles. The molecule has 0 bridgehead atoms. The molecule has 0 spiro atoms. The molecule has 1 aliphatic heterocycles. The van der Waals surface area contributed by atoms with Crippen molar-refractivity contribution in [3.63, 3.8) is 0 Å². The minimum absolute atomic E-state index is 0. The van der Waals surface area contributed by atoms with Crippen molar-refractivity contribution in [2.75, 3.05) is 26.7 Å². The molecular formula is C21H27ClN2O2. The van der Waals surface area contributed by atoms with Gasteiger partial charge in [-0.2, -0.15) is 0 Å². The van der Waals surface area contributed by atoms with Crippen LogP contribution in [-0.4, -0.2) is 43.6 Å². The maximum absolute atomic E-state index is 12.5. The number of benzene rings is 2. The SMILES string of the molecule is CNCC1CCCN1C(=O)CCOc1ccccc1-c1ccccc1.Cl. The third kappa shape index (κ3) is 4.99. The Balaban J connectivity index is 0.00000243. The van der Waals surface area contributed by atoms with E-state index in [9.17, 15) is 4.79 Å². The van der Waals surface area contributed by atoms with Crippen LogP contribution in [0.3, 0.4) is 0 Å². The van der Waals surface area contributed by atoms with Gasteiger partial charge in [0.25, 0.3) is 0 Å². The van der Waals surface area contributed by atoms with E-state index in [0.29, 0.717) is 19.1 Å². The lowest BCUT2D eigenvalue weighted by atomic mass is 10.1. The summed E-state index contributed by atoms with van der Waals surface area (Å²) in [5, 5.41) is 3.18. The van der Waals surface area contributed by atoms with E-state index in [4.69, 9.17) is 4.74 Å². The van der Waals surface area contributed by atoms with Crippen LogP contribution in [0.5, 0.6) is 5.75 Å². The van der Waals surface area contributed by atoms with Gasteiger partial charge in [0.1, 0.15) is 5.75 Å². The van der Waals surface area contributed by atoms with Crippen LogP contribution < -0.4 is 10.1 Å². The molecule has 5 heteroatoms. The number of ether oxygens (including phenoxy) is 1. The molecule has 1 amide bonds. The van der Waals surface area contributed by atoms with Crippen molar-refractivity contribution in [2.45, 2.75) is 25.3 Å². The van der Waals surface area contributed by atoms with E-state index < -0.39 is 0 Å². The fraction of sp³-hybridized carbons (Fsp3) is 0.381. The minimum atomic E-state index is 0. The van der Waals surface area contributed by atoms with Crippen LogP contribution >= 0.6 is 12.4 Å². The molecule has 1 N–H and O–H groups in total. The van der Waals surface area contributed by atoms with Crippen molar-refractivity contribution in [1.29, 1.82) is 0 Å². The molecule has 0 saturated carbocycles. The molecule has 0 aliphatic carbocycles. The minimum Gasteiger partial charge on any atom is -0.492 e. The summed E-state index contributed by atoms with van der Waals surface area (Å²) >= 11 is 0. The van der Waals surface area contributed by atoms with E-state index >= 15 is 0 Å². The van der Waals surface area contributed by atoms with Crippen molar-refractivity contribution >= 4 is 18.3 Å². The number of hydrogen-bond acceptors (Lipinski definition) is 3. The van der Waals surface area contributed by atoms with Gasteiger partial charge in [-0.3, -0.25) is 4.79 Å². The van der Waals surface area contributed by atoms with Gasteiger partial charge in [-0.15, -0.1) is 12.4 Å². The molecule has 4 nitrogen and oxygen atoms in total. The van der Waals surface area contributed by atoms with E-state index in [2.05, 4.69) is 23.5 Å². The zero-order valence-corrected chi connectivity index (χ0v) is 16.0. The van der Waals surface area contributed by atoms with Crippen LogP contribution in [0, 0.1) is 0 Å². The summed E-state index contributed by atoms with van der Waals surface area (Å²) in [4.78, 5) is 14.5. The number of nitrogens with one attached hydrogen (secondary N) is 1. The Hall–Kier alpha value is -2.04. The van der Waals surface area contributed by atoms with Gasteiger partial charge >= 0.3 is 0 Å². The van der Waals surface area contributed by atoms with Crippen molar-refractivity contribution in [1.82, 2.24) is 10.2 Å². The van der Waals surface area contributed by atoms with E-state index in [-0.39, 0.29) is 18.3 Å². The van der Waals surface area contributed by atoms with Crippen LogP contribution in [-0.2, 0) is 4.79 Å². The van der Waals surface area contributed by atoms with Gasteiger partial charge in [0.05, 0.1) is 13.0 Å². The summed E-state index contributed by atoms with van der Waals surface area (Å²) in [6.45, 7) is 2.14. The smallest absolute Gasteiger partial charge is 0.226 e. The Kier molecular flexibility index (Phi) is 7.95. The fourth-order valence-electron chi connectivity index (χ4n) is 3.45. The lowest BCUT2D eigenvalue weighted by Crippen LogP contribution is -2.41. The molecule has 1 unspecified atom stereocenters. The van der Waals surface area contributed by atoms with Crippen LogP contribution in [0.4, 0.5) is 0 Å². The van der Waals surface area contributed by atoms with Crippen molar-refractivity contribution in [3.05, 3.63) is 54.6 Å². The highest BCUT2D eigenvalue weighted by Crippen LogP contribution is 2.29. The Bertz CT molecular complexity index is 693. The quantitative estimate of drug-likeness (QED) is 0.802. The standard InChI is InChI=1S/C21H26N2O2.ClH/c1-22-16-18-10-7-14-23(18)21(24)13-15-25-20-12-6-5-11-19(20)17-8-3-2-4-9-17;/h2-6,8-9,11-12,18,22H,7,10,13-16H2,1H3;1H. The molecule has 140 valence electrons. The van der Waals surface area contributed by atoms with Crippen LogP contribution in [0.25, 0.3) is 11.1 Å². The number of amides is 1. The van der Waals surface area contributed by atoms with Crippen molar-refractivity contribution < 1.29 is 9.53 Å². The second kappa shape index (κ2) is 10.2. The van der Waals surface area contributed by atoms with E-state index in [1.807, 2.05) is 48.3 Å². The van der Waals surface area contributed by atoms with Gasteiger partial charge in [0.2, 0.25) is 5.91 Å². The highest BCUT2D eigenvalue weighted by atomic mass is 35.5. The largest absolute Gasteiger partial charge is 0.492 e. The molecule has 3 rings (SSSR count). The first-order valence-electron chi connectivity index (χ1n) is 9.01. The third-order valence-electron chi connectivity index (χ3n) is 4.68. The molecule has 0 aromatic heterocycles. The second-order valence-electron chi connectivity index (χ2n) is 6.40. The predicted octanol–water partition coefficient (Wildman–Crippen LogP) is 3.75. The summed E-state index contributed by atoms with van der Waals surface area (Å²) < 4.78 is 5.95. The molecule has 26 heavy (non-hydrogen) atoms. The summed E-state index contributed by atoms with van der Waals surface area (Å²) in [5.74, 6) is 1.02. The molecule has 1 fully saturated rings. The Morgan fingerprint density at radius 3 is 2.65 bits per heavy atom. The number of carbonyl (C=O) groups excluding carboxylic acids is 1. The topological polar surface area (TPSA) is 41.6 Å². The zero-order valence-electron chi connectivity index (χ0n) is 15.2. The zero-order chi connectivity index (χ0) is 17.5. The average Bonchev–Trinajstić information content (AvgIpc) is 3.11. The van der Waals surface area contributed by atoms with Gasteiger partial charge in [-0.25, -0.2) is 0 Å². The number of carbonyl (C=O) groups is 1. The van der Waals surface area contributed by atoms with Gasteiger partial charge in [-0.05, 0) is 31.5 Å². The van der Waals surface area contributed by atoms with E-state index in [1.165, 1.54) is 0 Å². The third-order valence-corrected chi connectivity index (χ3v) is 4.68. The van der Waals surface area contributed by atoms with E-state index in [1.54, 1.807) is 0 Å². The lowest BCUT2D eigenvalue weighted by molar-refractivity contribution is -0.132. The second-order valence-corrected chi connectivity index (χ2v) is 6.40. The molecule has 2 aromatic rings. The van der Waals surface area contributed by atoms with Crippen LogP contribution in [0.1, 0.15) is 19.3 Å². The first-order valence-corrected chi connectivity index (χ1v) is 9.01. The molecule has 1 atom stereocenters. The molecule has 1 aliphatic rings. The maximum Gasteiger partial charge on any atom is 0.226 e. The number of para-hydroxylation sites is 1. The van der Waals surface area contributed by atoms with Gasteiger partial charge < -0.3 is 15.0 Å². The van der Waals surface area contributed by atoms with Gasteiger partial charge in [0.15, 0.2) is 0 Å². The number of nitrogens with zero attached hydrogens (tertiary/aromatic N) is 1. The molecule has 2 aromatic carbocycles. The molecular weight excluding hydrogens is 348 g/mol. The lowest BCUT2D eigenvalue weighted by Gasteiger charge is -2.24. The van der Waals surface area contributed by atoms with Gasteiger partial charge in [0, 0.05) is 24.7 Å². The summed E-state index contributed by atoms with van der Waals surface area (Å²) in [6, 6.07) is 18.5. The number of rotatable bonds is 7. The predicted molar refractivity (Wildman–Crippen MR) is 108 cm³/mol. The number of likely N-dealkylation sites (tertiary alicyclic amines) is 1. The highest BCUT2D eigenvalue weighted by Gasteiger charge is 2.27. The number of hydrogen-bond donors (Lipinski definition) is 1. The van der Waals surface area contributed by atoms with E-state index in [0.717, 1.165) is 42.8 Å². The Morgan fingerprint density at radius 2 is 1.88 bits per heavy atom. The van der Waals surface area contributed by atoms with Crippen molar-refractivity contribution in [3.8, 4) is 16.9 Å². The number of likely N-dealkylation sites (N-methyl/N-ethyl adjacent to an activating group) is 1.